The van der Waals surface area contributed by atoms with Crippen LogP contribution in [-0.2, 0) is 9.59 Å². The predicted molar refractivity (Wildman–Crippen MR) is 189 cm³/mol. The molecule has 2 amide bonds. The van der Waals surface area contributed by atoms with Gasteiger partial charge < -0.3 is 15.7 Å². The molecule has 3 aromatic rings. The van der Waals surface area contributed by atoms with Gasteiger partial charge in [0.15, 0.2) is 0 Å². The van der Waals surface area contributed by atoms with Crippen LogP contribution in [0.5, 0.6) is 0 Å². The van der Waals surface area contributed by atoms with Crippen molar-refractivity contribution in [2.24, 2.45) is 5.92 Å². The smallest absolute Gasteiger partial charge is 0.304 e. The van der Waals surface area contributed by atoms with E-state index < -0.39 is 23.7 Å². The first-order chi connectivity index (χ1) is 22.9. The maximum atomic E-state index is 13.0. The van der Waals surface area contributed by atoms with Crippen molar-refractivity contribution in [1.29, 1.82) is 0 Å². The van der Waals surface area contributed by atoms with E-state index in [2.05, 4.69) is 22.7 Å². The molecule has 9 nitrogen and oxygen atoms in total. The average Bonchev–Trinajstić information content (AvgIpc) is 3.43. The Morgan fingerprint density at radius 2 is 1.40 bits per heavy atom. The van der Waals surface area contributed by atoms with Gasteiger partial charge in [-0.25, -0.2) is 4.68 Å². The van der Waals surface area contributed by atoms with Crippen molar-refractivity contribution in [3.63, 3.8) is 0 Å². The number of H-pyrrole nitrogens is 1. The van der Waals surface area contributed by atoms with E-state index in [1.54, 1.807) is 48.5 Å². The second kappa shape index (κ2) is 21.4. The number of rotatable bonds is 23. The Morgan fingerprint density at radius 3 is 2.02 bits per heavy atom. The number of para-hydroxylation sites is 1. The van der Waals surface area contributed by atoms with Gasteiger partial charge in [-0.3, -0.25) is 24.3 Å². The van der Waals surface area contributed by atoms with Crippen LogP contribution in [0.1, 0.15) is 120 Å². The molecule has 0 aliphatic rings. The first kappa shape index (κ1) is 37.1. The Morgan fingerprint density at radius 1 is 0.787 bits per heavy atom. The third-order valence-corrected chi connectivity index (χ3v) is 8.20. The number of unbranched alkanes of at least 4 members (excludes halogenated alkanes) is 14. The van der Waals surface area contributed by atoms with Crippen LogP contribution in [0.25, 0.3) is 5.69 Å². The van der Waals surface area contributed by atoms with Crippen LogP contribution >= 0.6 is 0 Å². The molecule has 3 rings (SSSR count). The zero-order valence-corrected chi connectivity index (χ0v) is 27.8. The number of hydrogen-bond acceptors (Lipinski definition) is 4. The van der Waals surface area contributed by atoms with Crippen LogP contribution in [-0.4, -0.2) is 32.7 Å². The normalized spacial score (nSPS) is 11.9. The maximum absolute atomic E-state index is 13.0. The summed E-state index contributed by atoms with van der Waals surface area (Å²) in [6, 6.07) is 16.6. The number of aromatic nitrogens is 2. The molecule has 9 heteroatoms. The summed E-state index contributed by atoms with van der Waals surface area (Å²) in [6.07, 6.45) is 22.1. The van der Waals surface area contributed by atoms with Gasteiger partial charge in [-0.2, -0.15) is 0 Å². The van der Waals surface area contributed by atoms with E-state index >= 15 is 0 Å². The number of aliphatic carboxylic acids is 1. The van der Waals surface area contributed by atoms with Gasteiger partial charge in [-0.15, -0.1) is 0 Å². The second-order valence-corrected chi connectivity index (χ2v) is 12.2. The summed E-state index contributed by atoms with van der Waals surface area (Å²) in [6.45, 7) is 2.25. The first-order valence-corrected chi connectivity index (χ1v) is 17.4. The highest BCUT2D eigenvalue weighted by atomic mass is 16.4. The van der Waals surface area contributed by atoms with E-state index in [-0.39, 0.29) is 23.4 Å². The Balaban J connectivity index is 1.39. The Labute approximate surface area is 278 Å². The molecule has 47 heavy (non-hydrogen) atoms. The van der Waals surface area contributed by atoms with Gasteiger partial charge in [0.1, 0.15) is 5.82 Å². The number of allylic oxidation sites excluding steroid dienone is 1. The lowest BCUT2D eigenvalue weighted by atomic mass is 10.0. The van der Waals surface area contributed by atoms with E-state index in [4.69, 9.17) is 0 Å². The molecule has 254 valence electrons. The fraction of sp³-hybridized carbons (Fsp3) is 0.474. The van der Waals surface area contributed by atoms with E-state index in [1.165, 1.54) is 93.9 Å². The number of carbonyl (C=O) groups excluding carboxylic acids is 2. The number of carbonyl (C=O) groups is 3. The monoisotopic (exact) mass is 644 g/mol. The molecule has 0 spiro atoms. The maximum Gasteiger partial charge on any atom is 0.304 e. The highest BCUT2D eigenvalue weighted by Crippen LogP contribution is 2.17. The van der Waals surface area contributed by atoms with E-state index in [0.29, 0.717) is 11.4 Å². The van der Waals surface area contributed by atoms with Crippen LogP contribution in [0.4, 0.5) is 11.5 Å². The molecular weight excluding hydrogens is 592 g/mol. The van der Waals surface area contributed by atoms with Gasteiger partial charge in [-0.05, 0) is 43.2 Å². The summed E-state index contributed by atoms with van der Waals surface area (Å²) < 4.78 is 1.32. The number of nitrogens with one attached hydrogen (secondary N) is 3. The largest absolute Gasteiger partial charge is 0.481 e. The molecule has 0 saturated heterocycles. The van der Waals surface area contributed by atoms with Gasteiger partial charge >= 0.3 is 5.97 Å². The highest BCUT2D eigenvalue weighted by Gasteiger charge is 2.20. The minimum absolute atomic E-state index is 0.226. The molecule has 1 aromatic heterocycles. The lowest BCUT2D eigenvalue weighted by molar-refractivity contribution is -0.139. The van der Waals surface area contributed by atoms with Crippen LogP contribution in [0.3, 0.4) is 0 Å². The van der Waals surface area contributed by atoms with Gasteiger partial charge in [0, 0.05) is 17.3 Å². The molecule has 0 saturated carbocycles. The molecule has 1 atom stereocenters. The molecule has 2 aromatic carbocycles. The van der Waals surface area contributed by atoms with Crippen molar-refractivity contribution in [3.8, 4) is 5.69 Å². The molecule has 0 aliphatic heterocycles. The van der Waals surface area contributed by atoms with Crippen LogP contribution in [0.2, 0.25) is 0 Å². The SMILES string of the molecule is CCCCCCCCCCCCCCCCC=CC(CC(=O)O)C(=O)Nc1cccc(C(=O)Nc2cc(=O)n(-c3ccccc3)[nH]2)c1. The number of carboxylic acid groups (broad SMARTS) is 1. The molecule has 0 aliphatic carbocycles. The van der Waals surface area contributed by atoms with E-state index in [1.807, 2.05) is 12.1 Å². The summed E-state index contributed by atoms with van der Waals surface area (Å²) in [4.78, 5) is 49.8. The molecule has 1 heterocycles. The van der Waals surface area contributed by atoms with Crippen molar-refractivity contribution in [2.75, 3.05) is 10.6 Å². The van der Waals surface area contributed by atoms with Gasteiger partial charge in [0.05, 0.1) is 18.0 Å². The van der Waals surface area contributed by atoms with Gasteiger partial charge in [0.2, 0.25) is 5.91 Å². The molecular formula is C38H52N4O5. The number of hydrogen-bond donors (Lipinski definition) is 4. The predicted octanol–water partition coefficient (Wildman–Crippen LogP) is 8.87. The van der Waals surface area contributed by atoms with Crippen molar-refractivity contribution in [2.45, 2.75) is 110 Å². The number of aromatic amines is 1. The van der Waals surface area contributed by atoms with Gasteiger partial charge in [-0.1, -0.05) is 127 Å². The lowest BCUT2D eigenvalue weighted by Gasteiger charge is -2.12. The Hall–Kier alpha value is -4.40. The summed E-state index contributed by atoms with van der Waals surface area (Å²) in [5, 5.41) is 17.7. The second-order valence-electron chi connectivity index (χ2n) is 12.2. The topological polar surface area (TPSA) is 133 Å². The molecule has 4 N–H and O–H groups in total. The third kappa shape index (κ3) is 14.3. The fourth-order valence-corrected chi connectivity index (χ4v) is 5.55. The fourth-order valence-electron chi connectivity index (χ4n) is 5.55. The van der Waals surface area contributed by atoms with Crippen molar-refractivity contribution < 1.29 is 19.5 Å². The molecule has 0 fully saturated rings. The molecule has 0 bridgehead atoms. The summed E-state index contributed by atoms with van der Waals surface area (Å²) in [5.74, 6) is -2.59. The minimum atomic E-state index is -1.06. The first-order valence-electron chi connectivity index (χ1n) is 17.4. The zero-order chi connectivity index (χ0) is 33.7. The summed E-state index contributed by atoms with van der Waals surface area (Å²) >= 11 is 0. The number of carboxylic acids is 1. The summed E-state index contributed by atoms with van der Waals surface area (Å²) in [5.41, 5.74) is 0.939. The quantitative estimate of drug-likeness (QED) is 0.0604. The number of benzene rings is 2. The Bertz CT molecular complexity index is 1460. The van der Waals surface area contributed by atoms with Gasteiger partial charge in [0.25, 0.3) is 11.5 Å². The molecule has 1 unspecified atom stereocenters. The number of nitrogens with zero attached hydrogens (tertiary/aromatic N) is 1. The summed E-state index contributed by atoms with van der Waals surface area (Å²) in [7, 11) is 0. The van der Waals surface area contributed by atoms with E-state index in [9.17, 15) is 24.3 Å². The third-order valence-electron chi connectivity index (χ3n) is 8.20. The van der Waals surface area contributed by atoms with Crippen LogP contribution < -0.4 is 16.2 Å². The molecule has 0 radical (unpaired) electrons. The standard InChI is InChI=1S/C38H52N4O5/c1-2-3-4-5-6-7-8-9-10-11-12-13-14-15-16-18-22-31(28-36(44)45)37(46)39-32-24-21-23-30(27-32)38(47)40-34-29-35(43)42(41-34)33-25-19-17-20-26-33/h17-27,29,31,41H,2-16,28H2,1H3,(H,39,46)(H,40,47)(H,44,45). The number of amides is 2. The zero-order valence-electron chi connectivity index (χ0n) is 27.8. The van der Waals surface area contributed by atoms with Crippen molar-refractivity contribution >= 4 is 29.3 Å². The number of anilines is 2. The minimum Gasteiger partial charge on any atom is -0.481 e. The van der Waals surface area contributed by atoms with E-state index in [0.717, 1.165) is 19.3 Å². The highest BCUT2D eigenvalue weighted by molar-refractivity contribution is 6.05. The van der Waals surface area contributed by atoms with Crippen molar-refractivity contribution in [1.82, 2.24) is 9.78 Å². The van der Waals surface area contributed by atoms with Crippen molar-refractivity contribution in [3.05, 3.63) is 88.7 Å². The average molecular weight is 645 g/mol. The lowest BCUT2D eigenvalue weighted by Crippen LogP contribution is -2.24. The Kier molecular flexibility index (Phi) is 16.9. The van der Waals surface area contributed by atoms with Crippen LogP contribution in [0, 0.1) is 5.92 Å². The van der Waals surface area contributed by atoms with Crippen LogP contribution in [0.15, 0.2) is 77.6 Å².